The SMILES string of the molecule is Cc1ccc(-n2c(C)cc(C(=O)COC(=O)c3ccc(N)c([N+](=O)[O-])c3)c2C)cc1C. The first-order valence-corrected chi connectivity index (χ1v) is 9.61. The maximum absolute atomic E-state index is 12.7. The fourth-order valence-electron chi connectivity index (χ4n) is 3.43. The zero-order chi connectivity index (χ0) is 22.9. The molecule has 0 amide bonds. The van der Waals surface area contributed by atoms with Crippen molar-refractivity contribution in [2.45, 2.75) is 27.7 Å². The van der Waals surface area contributed by atoms with Crippen molar-refractivity contribution < 1.29 is 19.2 Å². The van der Waals surface area contributed by atoms with Crippen LogP contribution in [0.5, 0.6) is 0 Å². The van der Waals surface area contributed by atoms with Gasteiger partial charge in [0, 0.05) is 28.7 Å². The van der Waals surface area contributed by atoms with Gasteiger partial charge < -0.3 is 15.0 Å². The van der Waals surface area contributed by atoms with Crippen molar-refractivity contribution in [3.05, 3.63) is 86.2 Å². The molecule has 0 bridgehead atoms. The number of hydrogen-bond acceptors (Lipinski definition) is 6. The molecule has 0 saturated heterocycles. The lowest BCUT2D eigenvalue weighted by molar-refractivity contribution is -0.383. The molecule has 3 rings (SSSR count). The highest BCUT2D eigenvalue weighted by Crippen LogP contribution is 2.24. The average molecular weight is 421 g/mol. The molecule has 31 heavy (non-hydrogen) atoms. The normalized spacial score (nSPS) is 10.7. The minimum Gasteiger partial charge on any atom is -0.454 e. The van der Waals surface area contributed by atoms with Crippen molar-refractivity contribution in [3.8, 4) is 5.69 Å². The van der Waals surface area contributed by atoms with Gasteiger partial charge in [0.15, 0.2) is 6.61 Å². The van der Waals surface area contributed by atoms with Crippen LogP contribution in [-0.2, 0) is 4.74 Å². The van der Waals surface area contributed by atoms with Gasteiger partial charge in [-0.25, -0.2) is 4.79 Å². The van der Waals surface area contributed by atoms with E-state index in [1.807, 2.05) is 44.4 Å². The lowest BCUT2D eigenvalue weighted by atomic mass is 10.1. The van der Waals surface area contributed by atoms with Gasteiger partial charge >= 0.3 is 5.97 Å². The number of esters is 1. The van der Waals surface area contributed by atoms with E-state index in [9.17, 15) is 19.7 Å². The highest BCUT2D eigenvalue weighted by molar-refractivity contribution is 6.00. The minimum atomic E-state index is -0.834. The number of ether oxygens (including phenoxy) is 1. The number of nitro benzene ring substituents is 1. The van der Waals surface area contributed by atoms with Crippen molar-refractivity contribution in [1.29, 1.82) is 0 Å². The van der Waals surface area contributed by atoms with E-state index in [1.54, 1.807) is 6.07 Å². The number of nitro groups is 1. The number of nitrogens with two attached hydrogens (primary N) is 1. The quantitative estimate of drug-likeness (QED) is 0.209. The van der Waals surface area contributed by atoms with Crippen molar-refractivity contribution in [1.82, 2.24) is 4.57 Å². The van der Waals surface area contributed by atoms with E-state index >= 15 is 0 Å². The number of aromatic nitrogens is 1. The smallest absolute Gasteiger partial charge is 0.338 e. The Bertz CT molecular complexity index is 1210. The van der Waals surface area contributed by atoms with Crippen molar-refractivity contribution in [2.75, 3.05) is 12.3 Å². The number of aryl methyl sites for hydroxylation is 3. The van der Waals surface area contributed by atoms with E-state index in [1.165, 1.54) is 17.7 Å². The van der Waals surface area contributed by atoms with Gasteiger partial charge in [0.2, 0.25) is 5.78 Å². The lowest BCUT2D eigenvalue weighted by Crippen LogP contribution is -2.15. The van der Waals surface area contributed by atoms with Gasteiger partial charge in [-0.3, -0.25) is 14.9 Å². The van der Waals surface area contributed by atoms with Crippen LogP contribution in [0, 0.1) is 37.8 Å². The van der Waals surface area contributed by atoms with Crippen LogP contribution in [0.2, 0.25) is 0 Å². The predicted molar refractivity (Wildman–Crippen MR) is 117 cm³/mol. The van der Waals surface area contributed by atoms with Crippen LogP contribution >= 0.6 is 0 Å². The van der Waals surface area contributed by atoms with Gasteiger partial charge in [0.1, 0.15) is 5.69 Å². The highest BCUT2D eigenvalue weighted by Gasteiger charge is 2.20. The molecule has 2 aromatic carbocycles. The summed E-state index contributed by atoms with van der Waals surface area (Å²) in [5.41, 5.74) is 10.4. The first kappa shape index (κ1) is 21.8. The molecule has 1 aromatic heterocycles. The molecule has 0 radical (unpaired) electrons. The van der Waals surface area contributed by atoms with E-state index in [0.29, 0.717) is 5.56 Å². The second-order valence-electron chi connectivity index (χ2n) is 7.42. The Kier molecular flexibility index (Phi) is 5.92. The van der Waals surface area contributed by atoms with E-state index in [2.05, 4.69) is 6.07 Å². The number of carbonyl (C=O) groups is 2. The molecule has 0 atom stereocenters. The third-order valence-electron chi connectivity index (χ3n) is 5.28. The molecule has 160 valence electrons. The molecular weight excluding hydrogens is 398 g/mol. The Labute approximate surface area is 179 Å². The maximum Gasteiger partial charge on any atom is 0.338 e. The fourth-order valence-corrected chi connectivity index (χ4v) is 3.43. The minimum absolute atomic E-state index is 0.0469. The number of hydrogen-bond donors (Lipinski definition) is 1. The van der Waals surface area contributed by atoms with Gasteiger partial charge in [-0.15, -0.1) is 0 Å². The second-order valence-corrected chi connectivity index (χ2v) is 7.42. The number of ketones is 1. The highest BCUT2D eigenvalue weighted by atomic mass is 16.6. The van der Waals surface area contributed by atoms with Gasteiger partial charge in [0.05, 0.1) is 10.5 Å². The molecular formula is C23H23N3O5. The van der Waals surface area contributed by atoms with Crippen molar-refractivity contribution in [2.24, 2.45) is 0 Å². The Morgan fingerprint density at radius 2 is 1.74 bits per heavy atom. The summed E-state index contributed by atoms with van der Waals surface area (Å²) < 4.78 is 7.08. The zero-order valence-corrected chi connectivity index (χ0v) is 17.8. The van der Waals surface area contributed by atoms with Crippen LogP contribution in [0.1, 0.15) is 43.2 Å². The Balaban J connectivity index is 1.79. The Hall–Kier alpha value is -3.94. The van der Waals surface area contributed by atoms with E-state index < -0.39 is 23.2 Å². The van der Waals surface area contributed by atoms with Crippen LogP contribution < -0.4 is 5.73 Å². The average Bonchev–Trinajstić information content (AvgIpc) is 3.02. The Morgan fingerprint density at radius 3 is 2.39 bits per heavy atom. The first-order chi connectivity index (χ1) is 14.6. The molecule has 0 aliphatic carbocycles. The van der Waals surface area contributed by atoms with Crippen LogP contribution in [0.25, 0.3) is 5.69 Å². The first-order valence-electron chi connectivity index (χ1n) is 9.61. The second kappa shape index (κ2) is 8.43. The van der Waals surface area contributed by atoms with Crippen LogP contribution in [-0.4, -0.2) is 27.8 Å². The summed E-state index contributed by atoms with van der Waals surface area (Å²) in [4.78, 5) is 35.3. The topological polar surface area (TPSA) is 117 Å². The number of nitrogens with zero attached hydrogens (tertiary/aromatic N) is 2. The largest absolute Gasteiger partial charge is 0.454 e. The molecule has 2 N–H and O–H groups in total. The molecule has 0 spiro atoms. The van der Waals surface area contributed by atoms with Gasteiger partial charge in [0.25, 0.3) is 5.69 Å². The van der Waals surface area contributed by atoms with E-state index in [-0.39, 0.29) is 17.0 Å². The van der Waals surface area contributed by atoms with Gasteiger partial charge in [-0.05, 0) is 69.2 Å². The van der Waals surface area contributed by atoms with Crippen molar-refractivity contribution in [3.63, 3.8) is 0 Å². The standard InChI is InChI=1S/C23H23N3O5/c1-13-5-7-18(9-14(13)2)25-15(3)10-19(16(25)4)22(27)12-31-23(28)17-6-8-20(24)21(11-17)26(29)30/h5-11H,12,24H2,1-4H3. The van der Waals surface area contributed by atoms with E-state index in [0.717, 1.165) is 28.7 Å². The number of nitrogen functional groups attached to an aromatic ring is 1. The number of Topliss-reactive ketones (excluding diaryl/α,β-unsaturated/α-hetero) is 1. The molecule has 0 saturated carbocycles. The summed E-state index contributed by atoms with van der Waals surface area (Å²) in [6.07, 6.45) is 0. The third-order valence-corrected chi connectivity index (χ3v) is 5.28. The summed E-state index contributed by atoms with van der Waals surface area (Å²) in [5.74, 6) is -1.19. The number of anilines is 1. The summed E-state index contributed by atoms with van der Waals surface area (Å²) in [6.45, 7) is 7.32. The number of benzene rings is 2. The number of rotatable bonds is 6. The van der Waals surface area contributed by atoms with Crippen LogP contribution in [0.3, 0.4) is 0 Å². The zero-order valence-electron chi connectivity index (χ0n) is 17.8. The predicted octanol–water partition coefficient (Wildman–Crippen LogP) is 4.24. The third kappa shape index (κ3) is 4.32. The molecule has 1 heterocycles. The fraction of sp³-hybridized carbons (Fsp3) is 0.217. The summed E-state index contributed by atoms with van der Waals surface area (Å²) in [5, 5.41) is 11.0. The lowest BCUT2D eigenvalue weighted by Gasteiger charge is -2.12. The molecule has 8 heteroatoms. The molecule has 8 nitrogen and oxygen atoms in total. The van der Waals surface area contributed by atoms with Gasteiger partial charge in [-0.2, -0.15) is 0 Å². The maximum atomic E-state index is 12.7. The summed E-state index contributed by atoms with van der Waals surface area (Å²) in [6, 6.07) is 11.4. The van der Waals surface area contributed by atoms with Crippen LogP contribution in [0.4, 0.5) is 11.4 Å². The molecule has 0 unspecified atom stereocenters. The van der Waals surface area contributed by atoms with E-state index in [4.69, 9.17) is 10.5 Å². The molecule has 0 aliphatic heterocycles. The van der Waals surface area contributed by atoms with Crippen molar-refractivity contribution >= 4 is 23.1 Å². The Morgan fingerprint density at radius 1 is 1.03 bits per heavy atom. The molecule has 0 fully saturated rings. The van der Waals surface area contributed by atoms with Crippen LogP contribution in [0.15, 0.2) is 42.5 Å². The summed E-state index contributed by atoms with van der Waals surface area (Å²) >= 11 is 0. The van der Waals surface area contributed by atoms with Gasteiger partial charge in [-0.1, -0.05) is 6.07 Å². The summed E-state index contributed by atoms with van der Waals surface area (Å²) in [7, 11) is 0. The number of carbonyl (C=O) groups excluding carboxylic acids is 2. The molecule has 3 aromatic rings. The monoisotopic (exact) mass is 421 g/mol. The molecule has 0 aliphatic rings.